The summed E-state index contributed by atoms with van der Waals surface area (Å²) in [6.45, 7) is 2.90. The maximum atomic E-state index is 11.3. The predicted molar refractivity (Wildman–Crippen MR) is 110 cm³/mol. The number of fused-ring (bicyclic) bond motifs is 3. The van der Waals surface area contributed by atoms with Gasteiger partial charge in [-0.05, 0) is 43.3 Å². The van der Waals surface area contributed by atoms with Gasteiger partial charge >= 0.3 is 6.03 Å². The number of rotatable bonds is 3. The Morgan fingerprint density at radius 2 is 1.70 bits per heavy atom. The van der Waals surface area contributed by atoms with Crippen LogP contribution in [0.5, 0.6) is 0 Å². The molecule has 0 aliphatic carbocycles. The lowest BCUT2D eigenvalue weighted by molar-refractivity contribution is -0.655. The van der Waals surface area contributed by atoms with Gasteiger partial charge in [-0.3, -0.25) is 0 Å². The molecule has 5 heteroatoms. The predicted octanol–water partition coefficient (Wildman–Crippen LogP) is 4.04. The lowest BCUT2D eigenvalue weighted by Gasteiger charge is -2.13. The van der Waals surface area contributed by atoms with E-state index in [0.717, 1.165) is 45.2 Å². The van der Waals surface area contributed by atoms with Gasteiger partial charge in [-0.1, -0.05) is 24.3 Å². The number of nitrogen functional groups attached to an aromatic ring is 1. The van der Waals surface area contributed by atoms with E-state index in [0.29, 0.717) is 5.69 Å². The number of benzene rings is 3. The van der Waals surface area contributed by atoms with E-state index in [1.165, 1.54) is 0 Å². The summed E-state index contributed by atoms with van der Waals surface area (Å²) in [5.74, 6) is 0. The minimum atomic E-state index is -0.576. The van der Waals surface area contributed by atoms with Gasteiger partial charge in [-0.15, -0.1) is 0 Å². The monoisotopic (exact) mass is 357 g/mol. The second kappa shape index (κ2) is 6.61. The first-order valence-corrected chi connectivity index (χ1v) is 8.89. The van der Waals surface area contributed by atoms with E-state index < -0.39 is 6.03 Å². The maximum absolute atomic E-state index is 11.3. The highest BCUT2D eigenvalue weighted by Gasteiger charge is 2.22. The number of urea groups is 1. The summed E-state index contributed by atoms with van der Waals surface area (Å²) in [5, 5.41) is 5.95. The normalized spacial score (nSPS) is 11.0. The molecule has 0 saturated carbocycles. The zero-order valence-corrected chi connectivity index (χ0v) is 15.1. The summed E-state index contributed by atoms with van der Waals surface area (Å²) < 4.78 is 2.26. The van der Waals surface area contributed by atoms with Crippen LogP contribution >= 0.6 is 0 Å². The highest BCUT2D eigenvalue weighted by atomic mass is 16.2. The number of nitrogens with one attached hydrogen (secondary N) is 1. The van der Waals surface area contributed by atoms with Crippen molar-refractivity contribution >= 4 is 39.1 Å². The number of carbonyl (C=O) groups excluding carboxylic acids is 1. The van der Waals surface area contributed by atoms with Gasteiger partial charge in [0, 0.05) is 28.4 Å². The van der Waals surface area contributed by atoms with Crippen molar-refractivity contribution in [2.75, 3.05) is 11.1 Å². The largest absolute Gasteiger partial charge is 0.399 e. The number of hydrogen-bond donors (Lipinski definition) is 3. The van der Waals surface area contributed by atoms with Gasteiger partial charge < -0.3 is 16.8 Å². The van der Waals surface area contributed by atoms with E-state index in [9.17, 15) is 4.79 Å². The van der Waals surface area contributed by atoms with Gasteiger partial charge in [0.2, 0.25) is 11.2 Å². The number of amides is 2. The lowest BCUT2D eigenvalue weighted by atomic mass is 9.98. The zero-order chi connectivity index (χ0) is 19.0. The van der Waals surface area contributed by atoms with Crippen molar-refractivity contribution in [3.05, 3.63) is 66.7 Å². The molecule has 0 unspecified atom stereocenters. The van der Waals surface area contributed by atoms with Crippen LogP contribution in [-0.2, 0) is 6.54 Å². The maximum Gasteiger partial charge on any atom is 0.316 e. The Bertz CT molecular complexity index is 1170. The molecule has 0 atom stereocenters. The van der Waals surface area contributed by atoms with Crippen molar-refractivity contribution in [1.82, 2.24) is 0 Å². The average molecular weight is 357 g/mol. The van der Waals surface area contributed by atoms with Crippen LogP contribution in [0.3, 0.4) is 0 Å². The number of nitrogens with two attached hydrogens (primary N) is 2. The standard InChI is InChI=1S/C22H20N4O/c1-2-26-20-12-15(23)8-10-18(20)17-11-9-16(25-22(24)27)13-19(17)21(26)14-6-4-3-5-7-14/h3-13,23H,2H2,1H3,(H3,24,25,27)/p+1. The van der Waals surface area contributed by atoms with Gasteiger partial charge in [0.25, 0.3) is 0 Å². The van der Waals surface area contributed by atoms with Gasteiger partial charge in [-0.2, -0.15) is 4.57 Å². The molecule has 5 N–H and O–H groups in total. The Morgan fingerprint density at radius 3 is 2.41 bits per heavy atom. The van der Waals surface area contributed by atoms with Crippen molar-refractivity contribution in [2.24, 2.45) is 5.73 Å². The van der Waals surface area contributed by atoms with Crippen molar-refractivity contribution in [2.45, 2.75) is 13.5 Å². The molecule has 0 spiro atoms. The Kier molecular flexibility index (Phi) is 4.12. The topological polar surface area (TPSA) is 85.0 Å². The Morgan fingerprint density at radius 1 is 0.963 bits per heavy atom. The van der Waals surface area contributed by atoms with E-state index in [2.05, 4.69) is 35.0 Å². The van der Waals surface area contributed by atoms with Crippen LogP contribution in [0.2, 0.25) is 0 Å². The highest BCUT2D eigenvalue weighted by molar-refractivity contribution is 6.10. The smallest absolute Gasteiger partial charge is 0.316 e. The fraction of sp³-hybridized carbons (Fsp3) is 0.0909. The molecule has 3 aromatic carbocycles. The number of hydrogen-bond acceptors (Lipinski definition) is 2. The van der Waals surface area contributed by atoms with Crippen molar-refractivity contribution in [3.63, 3.8) is 0 Å². The molecule has 0 saturated heterocycles. The van der Waals surface area contributed by atoms with E-state index in [1.807, 2.05) is 48.5 Å². The van der Waals surface area contributed by atoms with Gasteiger partial charge in [-0.25, -0.2) is 4.79 Å². The first-order chi connectivity index (χ1) is 13.1. The molecule has 0 bridgehead atoms. The van der Waals surface area contributed by atoms with Gasteiger partial charge in [0.05, 0.1) is 10.8 Å². The number of aryl methyl sites for hydroxylation is 1. The van der Waals surface area contributed by atoms with Crippen molar-refractivity contribution in [3.8, 4) is 11.3 Å². The van der Waals surface area contributed by atoms with Gasteiger partial charge in [0.1, 0.15) is 6.54 Å². The Balaban J connectivity index is 2.18. The fourth-order valence-electron chi connectivity index (χ4n) is 3.70. The number of pyridine rings is 1. The van der Waals surface area contributed by atoms with E-state index in [-0.39, 0.29) is 0 Å². The Labute approximate surface area is 157 Å². The summed E-state index contributed by atoms with van der Waals surface area (Å²) in [4.78, 5) is 11.3. The number of anilines is 2. The molecule has 1 heterocycles. The quantitative estimate of drug-likeness (QED) is 0.294. The van der Waals surface area contributed by atoms with Crippen LogP contribution in [0.4, 0.5) is 16.2 Å². The van der Waals surface area contributed by atoms with Crippen molar-refractivity contribution < 1.29 is 9.36 Å². The minimum Gasteiger partial charge on any atom is -0.399 e. The molecule has 0 fully saturated rings. The van der Waals surface area contributed by atoms with Crippen LogP contribution in [-0.4, -0.2) is 6.03 Å². The molecule has 0 aliphatic heterocycles. The Hall–Kier alpha value is -3.60. The molecule has 5 nitrogen and oxygen atoms in total. The summed E-state index contributed by atoms with van der Waals surface area (Å²) in [6.07, 6.45) is 0. The highest BCUT2D eigenvalue weighted by Crippen LogP contribution is 2.33. The summed E-state index contributed by atoms with van der Waals surface area (Å²) in [7, 11) is 0. The van der Waals surface area contributed by atoms with Crippen LogP contribution in [0, 0.1) is 0 Å². The van der Waals surface area contributed by atoms with Crippen LogP contribution in [0.15, 0.2) is 66.7 Å². The summed E-state index contributed by atoms with van der Waals surface area (Å²) in [5.41, 5.74) is 16.1. The number of primary amides is 1. The van der Waals surface area contributed by atoms with E-state index in [4.69, 9.17) is 11.5 Å². The first kappa shape index (κ1) is 16.8. The van der Waals surface area contributed by atoms with Crippen LogP contribution in [0.1, 0.15) is 6.92 Å². The molecule has 4 rings (SSSR count). The molecule has 2 amide bonds. The van der Waals surface area contributed by atoms with Crippen LogP contribution in [0.25, 0.3) is 32.9 Å². The third-order valence-corrected chi connectivity index (χ3v) is 4.78. The van der Waals surface area contributed by atoms with E-state index in [1.54, 1.807) is 0 Å². The molecule has 1 aromatic heterocycles. The van der Waals surface area contributed by atoms with Crippen molar-refractivity contribution in [1.29, 1.82) is 0 Å². The number of carbonyl (C=O) groups is 1. The summed E-state index contributed by atoms with van der Waals surface area (Å²) >= 11 is 0. The molecule has 134 valence electrons. The SMILES string of the molecule is CC[n+]1c(-c2ccccc2)c2cc(NC(N)=O)ccc2c2ccc(N)cc21. The lowest BCUT2D eigenvalue weighted by Crippen LogP contribution is -2.36. The molecule has 0 radical (unpaired) electrons. The second-order valence-electron chi connectivity index (χ2n) is 6.49. The second-order valence-corrected chi connectivity index (χ2v) is 6.49. The fourth-order valence-corrected chi connectivity index (χ4v) is 3.70. The average Bonchev–Trinajstić information content (AvgIpc) is 2.66. The summed E-state index contributed by atoms with van der Waals surface area (Å²) in [6, 6.07) is 21.5. The molecule has 4 aromatic rings. The number of aromatic nitrogens is 1. The molecule has 27 heavy (non-hydrogen) atoms. The third kappa shape index (κ3) is 2.93. The minimum absolute atomic E-state index is 0.576. The van der Waals surface area contributed by atoms with Gasteiger partial charge in [0.15, 0.2) is 0 Å². The zero-order valence-electron chi connectivity index (χ0n) is 15.1. The number of nitrogens with zero attached hydrogens (tertiary/aromatic N) is 1. The molecular weight excluding hydrogens is 336 g/mol. The molecular formula is C22H21N4O+. The first-order valence-electron chi connectivity index (χ1n) is 8.89. The third-order valence-electron chi connectivity index (χ3n) is 4.78. The van der Waals surface area contributed by atoms with E-state index >= 15 is 0 Å². The van der Waals surface area contributed by atoms with Crippen LogP contribution < -0.4 is 21.4 Å². The molecule has 0 aliphatic rings.